The molecule has 0 fully saturated rings. The molecule has 0 bridgehead atoms. The van der Waals surface area contributed by atoms with Gasteiger partial charge >= 0.3 is 0 Å². The molecule has 5 nitrogen and oxygen atoms in total. The second-order valence-electron chi connectivity index (χ2n) is 4.76. The molecule has 0 saturated heterocycles. The Kier molecular flexibility index (Phi) is 5.58. The fourth-order valence-electron chi connectivity index (χ4n) is 1.81. The highest BCUT2D eigenvalue weighted by molar-refractivity contribution is 7.89. The van der Waals surface area contributed by atoms with E-state index in [0.29, 0.717) is 17.2 Å². The molecule has 0 aliphatic carbocycles. The molecule has 21 heavy (non-hydrogen) atoms. The van der Waals surface area contributed by atoms with Crippen LogP contribution in [0.1, 0.15) is 29.7 Å². The first-order valence-electron chi connectivity index (χ1n) is 6.84. The Morgan fingerprint density at radius 3 is 2.76 bits per heavy atom. The molecule has 0 unspecified atom stereocenters. The van der Waals surface area contributed by atoms with Gasteiger partial charge in [-0.2, -0.15) is 0 Å². The average Bonchev–Trinajstić information content (AvgIpc) is 3.06. The first-order valence-corrected chi connectivity index (χ1v) is 9.20. The van der Waals surface area contributed by atoms with Gasteiger partial charge in [0, 0.05) is 16.8 Å². The summed E-state index contributed by atoms with van der Waals surface area (Å²) in [6.07, 6.45) is 1.06. The summed E-state index contributed by atoms with van der Waals surface area (Å²) in [7, 11) is -3.49. The van der Waals surface area contributed by atoms with E-state index in [-0.39, 0.29) is 6.54 Å². The summed E-state index contributed by atoms with van der Waals surface area (Å²) >= 11 is 1.45. The van der Waals surface area contributed by atoms with E-state index in [1.54, 1.807) is 17.5 Å². The second kappa shape index (κ2) is 7.22. The van der Waals surface area contributed by atoms with Gasteiger partial charge in [-0.1, -0.05) is 6.92 Å². The Morgan fingerprint density at radius 2 is 2.10 bits per heavy atom. The van der Waals surface area contributed by atoms with E-state index in [0.717, 1.165) is 23.6 Å². The molecule has 2 aromatic heterocycles. The second-order valence-corrected chi connectivity index (χ2v) is 7.53. The molecular formula is C14H20N2O3S2. The van der Waals surface area contributed by atoms with Crippen LogP contribution in [-0.4, -0.2) is 15.0 Å². The number of aryl methyl sites for hydroxylation is 1. The van der Waals surface area contributed by atoms with Gasteiger partial charge < -0.3 is 9.73 Å². The molecule has 2 N–H and O–H groups in total. The molecule has 2 heterocycles. The molecule has 0 aromatic carbocycles. The number of nitrogens with one attached hydrogen (secondary N) is 2. The van der Waals surface area contributed by atoms with E-state index in [1.165, 1.54) is 11.3 Å². The summed E-state index contributed by atoms with van der Waals surface area (Å²) in [5.74, 6) is 1.38. The summed E-state index contributed by atoms with van der Waals surface area (Å²) in [6.45, 7) is 5.71. The van der Waals surface area contributed by atoms with Gasteiger partial charge in [-0.15, -0.1) is 11.3 Å². The lowest BCUT2D eigenvalue weighted by Crippen LogP contribution is -2.22. The van der Waals surface area contributed by atoms with Gasteiger partial charge in [0.25, 0.3) is 0 Å². The van der Waals surface area contributed by atoms with Crippen molar-refractivity contribution in [3.63, 3.8) is 0 Å². The molecule has 0 aliphatic rings. The number of hydrogen-bond donors (Lipinski definition) is 2. The largest absolute Gasteiger partial charge is 0.465 e. The number of furan rings is 1. The van der Waals surface area contributed by atoms with Crippen molar-refractivity contribution in [2.45, 2.75) is 38.3 Å². The van der Waals surface area contributed by atoms with Crippen molar-refractivity contribution in [3.05, 3.63) is 40.0 Å². The van der Waals surface area contributed by atoms with Crippen molar-refractivity contribution in [1.82, 2.24) is 10.0 Å². The van der Waals surface area contributed by atoms with Crippen molar-refractivity contribution in [2.24, 2.45) is 0 Å². The van der Waals surface area contributed by atoms with Crippen LogP contribution in [0.3, 0.4) is 0 Å². The zero-order valence-corrected chi connectivity index (χ0v) is 13.8. The summed E-state index contributed by atoms with van der Waals surface area (Å²) in [6, 6.07) is 5.29. The maximum absolute atomic E-state index is 12.2. The summed E-state index contributed by atoms with van der Waals surface area (Å²) in [4.78, 5) is 1.32. The third-order valence-electron chi connectivity index (χ3n) is 2.90. The topological polar surface area (TPSA) is 71.3 Å². The Balaban J connectivity index is 1.95. The minimum Gasteiger partial charge on any atom is -0.465 e. The summed E-state index contributed by atoms with van der Waals surface area (Å²) < 4.78 is 32.3. The van der Waals surface area contributed by atoms with Gasteiger partial charge in [-0.05, 0) is 38.1 Å². The van der Waals surface area contributed by atoms with Crippen LogP contribution in [-0.2, 0) is 23.1 Å². The first-order chi connectivity index (χ1) is 10.0. The van der Waals surface area contributed by atoms with E-state index in [9.17, 15) is 8.42 Å². The normalized spacial score (nSPS) is 11.9. The fraction of sp³-hybridized carbons (Fsp3) is 0.429. The van der Waals surface area contributed by atoms with Gasteiger partial charge in [-0.25, -0.2) is 13.1 Å². The Morgan fingerprint density at radius 1 is 1.29 bits per heavy atom. The van der Waals surface area contributed by atoms with Crippen molar-refractivity contribution in [2.75, 3.05) is 6.54 Å². The monoisotopic (exact) mass is 328 g/mol. The maximum Gasteiger partial charge on any atom is 0.241 e. The Labute approximate surface area is 129 Å². The Bertz CT molecular complexity index is 674. The van der Waals surface area contributed by atoms with Crippen molar-refractivity contribution in [1.29, 1.82) is 0 Å². The molecule has 0 spiro atoms. The molecule has 7 heteroatoms. The standard InChI is InChI=1S/C14H20N2O3S2/c1-3-6-15-9-13-7-14(10-20-13)21(17,18)16-8-12-5-4-11(2)19-12/h4-5,7,10,15-16H,3,6,8-9H2,1-2H3. The van der Waals surface area contributed by atoms with Crippen LogP contribution in [0.5, 0.6) is 0 Å². The van der Waals surface area contributed by atoms with Crippen LogP contribution >= 0.6 is 11.3 Å². The van der Waals surface area contributed by atoms with Crippen LogP contribution in [0, 0.1) is 6.92 Å². The number of thiophene rings is 1. The molecule has 0 saturated carbocycles. The molecular weight excluding hydrogens is 308 g/mol. The third kappa shape index (κ3) is 4.67. The zero-order valence-electron chi connectivity index (χ0n) is 12.2. The summed E-state index contributed by atoms with van der Waals surface area (Å²) in [5, 5.41) is 4.92. The fourth-order valence-corrected chi connectivity index (χ4v) is 4.05. The smallest absolute Gasteiger partial charge is 0.241 e. The molecule has 2 aromatic rings. The highest BCUT2D eigenvalue weighted by atomic mass is 32.2. The van der Waals surface area contributed by atoms with Crippen LogP contribution in [0.2, 0.25) is 0 Å². The predicted molar refractivity (Wildman–Crippen MR) is 83.8 cm³/mol. The van der Waals surface area contributed by atoms with E-state index in [4.69, 9.17) is 4.42 Å². The minimum absolute atomic E-state index is 0.162. The lowest BCUT2D eigenvalue weighted by Gasteiger charge is -2.03. The number of sulfonamides is 1. The van der Waals surface area contributed by atoms with E-state index in [2.05, 4.69) is 17.0 Å². The van der Waals surface area contributed by atoms with Gasteiger partial charge in [0.05, 0.1) is 11.4 Å². The van der Waals surface area contributed by atoms with Gasteiger partial charge in [0.1, 0.15) is 11.5 Å². The van der Waals surface area contributed by atoms with Crippen molar-refractivity contribution in [3.8, 4) is 0 Å². The number of rotatable bonds is 8. The van der Waals surface area contributed by atoms with Crippen LogP contribution in [0.15, 0.2) is 32.9 Å². The van der Waals surface area contributed by atoms with E-state index in [1.807, 2.05) is 13.0 Å². The van der Waals surface area contributed by atoms with Crippen molar-refractivity contribution < 1.29 is 12.8 Å². The van der Waals surface area contributed by atoms with E-state index < -0.39 is 10.0 Å². The third-order valence-corrected chi connectivity index (χ3v) is 5.37. The summed E-state index contributed by atoms with van der Waals surface area (Å²) in [5.41, 5.74) is 0. The Hall–Kier alpha value is -1.15. The van der Waals surface area contributed by atoms with Gasteiger partial charge in [0.2, 0.25) is 10.0 Å². The molecule has 116 valence electrons. The minimum atomic E-state index is -3.49. The molecule has 0 radical (unpaired) electrons. The molecule has 0 aliphatic heterocycles. The highest BCUT2D eigenvalue weighted by Gasteiger charge is 2.16. The van der Waals surface area contributed by atoms with Gasteiger partial charge in [-0.3, -0.25) is 0 Å². The van der Waals surface area contributed by atoms with Crippen molar-refractivity contribution >= 4 is 21.4 Å². The first kappa shape index (κ1) is 16.2. The van der Waals surface area contributed by atoms with Gasteiger partial charge in [0.15, 0.2) is 0 Å². The number of hydrogen-bond acceptors (Lipinski definition) is 5. The van der Waals surface area contributed by atoms with Crippen LogP contribution < -0.4 is 10.0 Å². The zero-order chi connectivity index (χ0) is 15.3. The quantitative estimate of drug-likeness (QED) is 0.731. The molecule has 0 atom stereocenters. The highest BCUT2D eigenvalue weighted by Crippen LogP contribution is 2.19. The molecule has 0 amide bonds. The maximum atomic E-state index is 12.2. The van der Waals surface area contributed by atoms with Crippen LogP contribution in [0.25, 0.3) is 0 Å². The average molecular weight is 328 g/mol. The van der Waals surface area contributed by atoms with Crippen LogP contribution in [0.4, 0.5) is 0 Å². The molecule has 2 rings (SSSR count). The SMILES string of the molecule is CCCNCc1cc(S(=O)(=O)NCc2ccc(C)o2)cs1. The predicted octanol–water partition coefficient (Wildman–Crippen LogP) is 2.63. The van der Waals surface area contributed by atoms with E-state index >= 15 is 0 Å². The lowest BCUT2D eigenvalue weighted by molar-refractivity contribution is 0.475. The lowest BCUT2D eigenvalue weighted by atomic mass is 10.4.